The number of amides is 1. The zero-order valence-corrected chi connectivity index (χ0v) is 14.8. The van der Waals surface area contributed by atoms with Crippen molar-refractivity contribution in [2.24, 2.45) is 0 Å². The normalized spacial score (nSPS) is 15.2. The number of anilines is 1. The number of nitrogens with zero attached hydrogens (tertiary/aromatic N) is 2. The van der Waals surface area contributed by atoms with E-state index in [2.05, 4.69) is 11.0 Å². The van der Waals surface area contributed by atoms with Crippen molar-refractivity contribution in [2.45, 2.75) is 6.92 Å². The van der Waals surface area contributed by atoms with Crippen LogP contribution in [0, 0.1) is 0 Å². The Morgan fingerprint density at radius 1 is 0.960 bits per heavy atom. The molecule has 2 aromatic carbocycles. The van der Waals surface area contributed by atoms with Crippen molar-refractivity contribution in [3.8, 4) is 5.75 Å². The van der Waals surface area contributed by atoms with Gasteiger partial charge in [0.2, 0.25) is 5.91 Å². The third-order valence-electron chi connectivity index (χ3n) is 4.51. The molecule has 0 aromatic heterocycles. The third kappa shape index (κ3) is 4.02. The summed E-state index contributed by atoms with van der Waals surface area (Å²) < 4.78 is 5.45. The maximum Gasteiger partial charge on any atom is 0.249 e. The predicted octanol–water partition coefficient (Wildman–Crippen LogP) is 3.45. The number of para-hydroxylation sites is 2. The number of hydrogen-bond donors (Lipinski definition) is 0. The maximum atomic E-state index is 12.7. The van der Waals surface area contributed by atoms with Gasteiger partial charge in [0, 0.05) is 31.8 Å². The van der Waals surface area contributed by atoms with Gasteiger partial charge in [0.25, 0.3) is 0 Å². The first-order valence-corrected chi connectivity index (χ1v) is 8.59. The first-order chi connectivity index (χ1) is 12.2. The van der Waals surface area contributed by atoms with Crippen LogP contribution in [0.5, 0.6) is 5.75 Å². The van der Waals surface area contributed by atoms with Crippen LogP contribution in [-0.2, 0) is 4.79 Å². The minimum atomic E-state index is 0.114. The van der Waals surface area contributed by atoms with Crippen molar-refractivity contribution in [3.05, 3.63) is 65.7 Å². The number of benzene rings is 2. The Kier molecular flexibility index (Phi) is 5.39. The summed E-state index contributed by atoms with van der Waals surface area (Å²) in [7, 11) is 1.69. The van der Waals surface area contributed by atoms with Crippen molar-refractivity contribution < 1.29 is 9.53 Å². The quantitative estimate of drug-likeness (QED) is 0.802. The van der Waals surface area contributed by atoms with Crippen molar-refractivity contribution in [1.29, 1.82) is 0 Å². The summed E-state index contributed by atoms with van der Waals surface area (Å²) in [6, 6.07) is 18.0. The van der Waals surface area contributed by atoms with Crippen molar-refractivity contribution in [2.75, 3.05) is 38.2 Å². The summed E-state index contributed by atoms with van der Waals surface area (Å²) >= 11 is 0. The van der Waals surface area contributed by atoms with Crippen molar-refractivity contribution in [3.63, 3.8) is 0 Å². The second-order valence-electron chi connectivity index (χ2n) is 6.19. The summed E-state index contributed by atoms with van der Waals surface area (Å²) in [6.07, 6.45) is 1.95. The molecule has 1 aliphatic heterocycles. The second kappa shape index (κ2) is 7.88. The van der Waals surface area contributed by atoms with E-state index in [1.165, 1.54) is 0 Å². The van der Waals surface area contributed by atoms with Crippen molar-refractivity contribution in [1.82, 2.24) is 4.90 Å². The van der Waals surface area contributed by atoms with Crippen LogP contribution in [0.15, 0.2) is 60.2 Å². The molecule has 0 saturated carbocycles. The molecule has 0 atom stereocenters. The monoisotopic (exact) mass is 336 g/mol. The highest BCUT2D eigenvalue weighted by Crippen LogP contribution is 2.28. The molecule has 4 heteroatoms. The molecule has 130 valence electrons. The molecule has 0 bridgehead atoms. The van der Waals surface area contributed by atoms with Gasteiger partial charge < -0.3 is 14.5 Å². The molecule has 1 fully saturated rings. The fraction of sp³-hybridized carbons (Fsp3) is 0.286. The van der Waals surface area contributed by atoms with Crippen LogP contribution in [0.3, 0.4) is 0 Å². The van der Waals surface area contributed by atoms with Gasteiger partial charge in [-0.2, -0.15) is 0 Å². The Bertz CT molecular complexity index is 748. The number of carbonyl (C=O) groups is 1. The summed E-state index contributed by atoms with van der Waals surface area (Å²) in [5.74, 6) is 0.992. The van der Waals surface area contributed by atoms with Gasteiger partial charge in [-0.15, -0.1) is 0 Å². The lowest BCUT2D eigenvalue weighted by atomic mass is 10.1. The Balaban J connectivity index is 1.64. The molecule has 2 aromatic rings. The number of carbonyl (C=O) groups excluding carboxylic acids is 1. The second-order valence-corrected chi connectivity index (χ2v) is 6.19. The Hall–Kier alpha value is -2.75. The standard InChI is InChI=1S/C21H24N2O2/c1-17(16-18-8-4-3-5-9-18)21(24)23-14-12-22(13-15-23)19-10-6-7-11-20(19)25-2/h3-11,16H,12-15H2,1-2H3. The lowest BCUT2D eigenvalue weighted by Crippen LogP contribution is -2.49. The van der Waals surface area contributed by atoms with E-state index in [4.69, 9.17) is 4.74 Å². The molecule has 1 saturated heterocycles. The highest BCUT2D eigenvalue weighted by Gasteiger charge is 2.23. The summed E-state index contributed by atoms with van der Waals surface area (Å²) in [4.78, 5) is 16.9. The third-order valence-corrected chi connectivity index (χ3v) is 4.51. The molecular weight excluding hydrogens is 312 g/mol. The van der Waals surface area contributed by atoms with E-state index < -0.39 is 0 Å². The molecule has 0 radical (unpaired) electrons. The van der Waals surface area contributed by atoms with E-state index in [1.807, 2.05) is 66.4 Å². The van der Waals surface area contributed by atoms with E-state index in [9.17, 15) is 4.79 Å². The highest BCUT2D eigenvalue weighted by molar-refractivity contribution is 5.97. The number of ether oxygens (including phenoxy) is 1. The molecule has 0 aliphatic carbocycles. The minimum Gasteiger partial charge on any atom is -0.495 e. The molecule has 1 aliphatic rings. The van der Waals surface area contributed by atoms with Gasteiger partial charge in [-0.3, -0.25) is 4.79 Å². The maximum absolute atomic E-state index is 12.7. The summed E-state index contributed by atoms with van der Waals surface area (Å²) in [6.45, 7) is 4.95. The van der Waals surface area contributed by atoms with Gasteiger partial charge in [0.1, 0.15) is 5.75 Å². The summed E-state index contributed by atoms with van der Waals surface area (Å²) in [5, 5.41) is 0. The van der Waals surface area contributed by atoms with Gasteiger partial charge in [0.15, 0.2) is 0 Å². The topological polar surface area (TPSA) is 32.8 Å². The number of rotatable bonds is 4. The highest BCUT2D eigenvalue weighted by atomic mass is 16.5. The molecule has 3 rings (SSSR count). The first kappa shape index (κ1) is 17.1. The fourth-order valence-electron chi connectivity index (χ4n) is 3.15. The van der Waals surface area contributed by atoms with Crippen LogP contribution in [0.4, 0.5) is 5.69 Å². The van der Waals surface area contributed by atoms with E-state index in [-0.39, 0.29) is 5.91 Å². The van der Waals surface area contributed by atoms with Crippen LogP contribution in [0.2, 0.25) is 0 Å². The van der Waals surface area contributed by atoms with Crippen LogP contribution in [-0.4, -0.2) is 44.1 Å². The summed E-state index contributed by atoms with van der Waals surface area (Å²) in [5.41, 5.74) is 2.92. The average molecular weight is 336 g/mol. The molecule has 0 N–H and O–H groups in total. The van der Waals surface area contributed by atoms with Gasteiger partial charge in [-0.25, -0.2) is 0 Å². The predicted molar refractivity (Wildman–Crippen MR) is 102 cm³/mol. The van der Waals surface area contributed by atoms with Crippen LogP contribution < -0.4 is 9.64 Å². The van der Waals surface area contributed by atoms with E-state index in [0.29, 0.717) is 0 Å². The number of hydrogen-bond acceptors (Lipinski definition) is 3. The molecule has 1 amide bonds. The Morgan fingerprint density at radius 2 is 1.60 bits per heavy atom. The van der Waals surface area contributed by atoms with E-state index in [1.54, 1.807) is 7.11 Å². The molecule has 0 spiro atoms. The smallest absolute Gasteiger partial charge is 0.249 e. The zero-order valence-electron chi connectivity index (χ0n) is 14.8. The number of methoxy groups -OCH3 is 1. The molecule has 1 heterocycles. The van der Waals surface area contributed by atoms with Gasteiger partial charge in [0.05, 0.1) is 12.8 Å². The lowest BCUT2D eigenvalue weighted by molar-refractivity contribution is -0.127. The van der Waals surface area contributed by atoms with E-state index in [0.717, 1.165) is 48.8 Å². The first-order valence-electron chi connectivity index (χ1n) is 8.59. The molecule has 4 nitrogen and oxygen atoms in total. The Morgan fingerprint density at radius 3 is 2.28 bits per heavy atom. The van der Waals surface area contributed by atoms with Gasteiger partial charge >= 0.3 is 0 Å². The minimum absolute atomic E-state index is 0.114. The molecule has 25 heavy (non-hydrogen) atoms. The van der Waals surface area contributed by atoms with Crippen LogP contribution in [0.25, 0.3) is 6.08 Å². The fourth-order valence-corrected chi connectivity index (χ4v) is 3.15. The molecular formula is C21H24N2O2. The average Bonchev–Trinajstić information content (AvgIpc) is 2.68. The van der Waals surface area contributed by atoms with Crippen LogP contribution in [0.1, 0.15) is 12.5 Å². The largest absolute Gasteiger partial charge is 0.495 e. The SMILES string of the molecule is COc1ccccc1N1CCN(C(=O)C(C)=Cc2ccccc2)CC1. The number of piperazine rings is 1. The lowest BCUT2D eigenvalue weighted by Gasteiger charge is -2.36. The Labute approximate surface area is 149 Å². The van der Waals surface area contributed by atoms with Gasteiger partial charge in [-0.1, -0.05) is 42.5 Å². The van der Waals surface area contributed by atoms with Crippen molar-refractivity contribution >= 4 is 17.7 Å². The van der Waals surface area contributed by atoms with Crippen LogP contribution >= 0.6 is 0 Å². The van der Waals surface area contributed by atoms with Gasteiger partial charge in [-0.05, 0) is 30.7 Å². The van der Waals surface area contributed by atoms with E-state index >= 15 is 0 Å². The zero-order chi connectivity index (χ0) is 17.6. The molecule has 0 unspecified atom stereocenters.